The van der Waals surface area contributed by atoms with Gasteiger partial charge in [0, 0.05) is 174 Å². The van der Waals surface area contributed by atoms with Gasteiger partial charge in [-0.15, -0.1) is 0 Å². The zero-order valence-electron chi connectivity index (χ0n) is 77.2. The normalized spacial score (nSPS) is 14.4. The Morgan fingerprint density at radius 1 is 0.369 bits per heavy atom. The molecule has 12 aromatic rings. The van der Waals surface area contributed by atoms with Gasteiger partial charge in [-0.1, -0.05) is 48.5 Å². The molecule has 4 fully saturated rings. The van der Waals surface area contributed by atoms with E-state index in [2.05, 4.69) is 36.8 Å². The molecule has 1 atom stereocenters. The molecular formula is C90H100F4N16O25S6. The quantitative estimate of drug-likeness (QED) is 0.0387. The lowest BCUT2D eigenvalue weighted by atomic mass is 10.1. The third-order valence-electron chi connectivity index (χ3n) is 21.3. The van der Waals surface area contributed by atoms with E-state index in [1.165, 1.54) is 122 Å². The first-order chi connectivity index (χ1) is 66.9. The number of aromatic nitrogens is 6. The second-order valence-corrected chi connectivity index (χ2v) is 42.0. The van der Waals surface area contributed by atoms with Crippen LogP contribution in [-0.2, 0) is 121 Å². The number of amides is 6. The first-order valence-corrected chi connectivity index (χ1v) is 52.4. The summed E-state index contributed by atoms with van der Waals surface area (Å²) in [5.74, 6) is 0.841. The number of sulfone groups is 2. The maximum absolute atomic E-state index is 14.5. The Morgan fingerprint density at radius 3 is 0.901 bits per heavy atom. The first-order valence-electron chi connectivity index (χ1n) is 43.0. The zero-order valence-corrected chi connectivity index (χ0v) is 82.1. The molecule has 4 saturated heterocycles. The lowest BCUT2D eigenvalue weighted by molar-refractivity contribution is -0.120. The van der Waals surface area contributed by atoms with E-state index in [1.807, 2.05) is 62.9 Å². The van der Waals surface area contributed by atoms with Crippen LogP contribution in [0.15, 0.2) is 224 Å². The van der Waals surface area contributed by atoms with Crippen molar-refractivity contribution in [2.24, 2.45) is 0 Å². The van der Waals surface area contributed by atoms with E-state index in [0.29, 0.717) is 93.9 Å². The zero-order chi connectivity index (χ0) is 102. The van der Waals surface area contributed by atoms with Crippen molar-refractivity contribution in [3.05, 3.63) is 244 Å². The minimum Gasteiger partial charge on any atom is -0.370 e. The molecule has 51 heteroatoms. The maximum atomic E-state index is 14.5. The highest BCUT2D eigenvalue weighted by Gasteiger charge is 2.27. The van der Waals surface area contributed by atoms with Crippen molar-refractivity contribution in [3.8, 4) is 66.8 Å². The highest BCUT2D eigenvalue weighted by Crippen LogP contribution is 2.32. The molecule has 0 saturated carbocycles. The summed E-state index contributed by atoms with van der Waals surface area (Å²) in [6.45, 7) is 13.6. The van der Waals surface area contributed by atoms with E-state index in [0.717, 1.165) is 88.6 Å². The molecule has 754 valence electrons. The van der Waals surface area contributed by atoms with Crippen LogP contribution in [0, 0.1) is 23.3 Å². The molecular weight excluding hydrogens is 1970 g/mol. The summed E-state index contributed by atoms with van der Waals surface area (Å²) >= 11 is 1.86. The third-order valence-corrected chi connectivity index (χ3v) is 28.4. The Labute approximate surface area is 813 Å². The first kappa shape index (κ1) is 107. The topological polar surface area (TPSA) is 518 Å². The van der Waals surface area contributed by atoms with Gasteiger partial charge in [-0.05, 0) is 106 Å². The van der Waals surface area contributed by atoms with Gasteiger partial charge in [0.15, 0.2) is 19.7 Å². The third kappa shape index (κ3) is 30.9. The largest absolute Gasteiger partial charge is 0.370 e. The summed E-state index contributed by atoms with van der Waals surface area (Å²) in [7, 11) is -9.58. The molecule has 10 heterocycles. The minimum absolute atomic E-state index is 0.00408. The summed E-state index contributed by atoms with van der Waals surface area (Å²) in [6, 6.07) is 31.6. The van der Waals surface area contributed by atoms with E-state index in [1.54, 1.807) is 48.8 Å². The van der Waals surface area contributed by atoms with Crippen molar-refractivity contribution >= 4 is 122 Å². The van der Waals surface area contributed by atoms with Gasteiger partial charge in [-0.25, -0.2) is 63.2 Å². The molecule has 0 bridgehead atoms. The molecule has 6 aromatic carbocycles. The maximum Gasteiger partial charge on any atom is 0.365 e. The second kappa shape index (κ2) is 49.1. The van der Waals surface area contributed by atoms with E-state index in [9.17, 15) is 105 Å². The Bertz CT molecular complexity index is 7220. The number of rotatable bonds is 24. The summed E-state index contributed by atoms with van der Waals surface area (Å²) < 4.78 is 174. The summed E-state index contributed by atoms with van der Waals surface area (Å²) in [5.41, 5.74) is 3.85. The van der Waals surface area contributed by atoms with E-state index in [4.69, 9.17) is 27.1 Å². The molecule has 141 heavy (non-hydrogen) atoms. The molecule has 1 unspecified atom stereocenters. The summed E-state index contributed by atoms with van der Waals surface area (Å²) in [4.78, 5) is 144. The van der Waals surface area contributed by atoms with Crippen molar-refractivity contribution in [2.45, 2.75) is 91.3 Å². The number of thioether (sulfide) groups is 1. The average molecular weight is 2070 g/mol. The molecule has 0 radical (unpaired) electrons. The molecule has 4 aliphatic rings. The molecule has 4 aliphatic heterocycles. The lowest BCUT2D eigenvalue weighted by Crippen LogP contribution is -2.40. The standard InChI is InChI=1S/C16H18FN3O4S.C16H18FN3O3S.C16H19N3O5S.C16H19N3O4S.C13H13FN2O5S.C13H13FN2O4S/c1-11(21)18-10-20-9-13(16(22)24-20)12-2-3-15(14(17)8-12)19-4-6-25(23)7-5-19;1-11(21)18-10-20-9-13(16(22)23-20)12-2-3-15(14(17)8-12)19-4-6-24-7-5-19;1-12(20)17-11-19-10-15(16(21)24-19)13-2-4-14(5-3-13)18-6-8-25(22,23)9-7-18;1-12(20)17-11-19-10-15(16(21)23-19)13-2-4-14(5-3-13)18-6-8-24(22)9-7-18;1-8(17)15-7-16-6-10(13(18)21-16)9-3-4-12(11(14)5-9)22(2,19)20;1-8(17)15-7-16-6-10(13(18)20-16)9-3-4-12(21(2)19)11(14)5-9/h2-3,8-9H,4-7,10H2,1H3,(H,18,21);2-3,8-9H,4-7,10H2,1H3,(H,18,21);2-5,10H,6-9,11H2,1H3,(H,17,20);2-5,10H,6-9,11H2,1H3,(H,17,20);3-6H,7H2,1-2H3,(H,15,17);3-6H,7H2,1-2H3,(H,15,17). The number of nitrogens with one attached hydrogen (secondary N) is 6. The smallest absolute Gasteiger partial charge is 0.365 e. The number of hydrogen-bond donors (Lipinski definition) is 6. The van der Waals surface area contributed by atoms with Crippen LogP contribution in [0.2, 0.25) is 0 Å². The van der Waals surface area contributed by atoms with Gasteiger partial charge in [0.05, 0.1) is 109 Å². The molecule has 6 aromatic heterocycles. The van der Waals surface area contributed by atoms with E-state index < -0.39 is 108 Å². The fourth-order valence-electron chi connectivity index (χ4n) is 14.0. The molecule has 6 N–H and O–H groups in total. The number of hydrogen-bond acceptors (Lipinski definition) is 30. The van der Waals surface area contributed by atoms with Crippen LogP contribution in [0.3, 0.4) is 0 Å². The van der Waals surface area contributed by atoms with Crippen molar-refractivity contribution in [1.82, 2.24) is 60.3 Å². The molecule has 16 rings (SSSR count). The van der Waals surface area contributed by atoms with Crippen molar-refractivity contribution < 1.29 is 103 Å². The van der Waals surface area contributed by atoms with Gasteiger partial charge in [0.1, 0.15) is 68.2 Å². The number of benzene rings is 6. The molecule has 0 aliphatic carbocycles. The Morgan fingerprint density at radius 2 is 0.624 bits per heavy atom. The van der Waals surface area contributed by atoms with Gasteiger partial charge in [0.2, 0.25) is 35.4 Å². The predicted octanol–water partition coefficient (Wildman–Crippen LogP) is 5.83. The van der Waals surface area contributed by atoms with Gasteiger partial charge >= 0.3 is 33.8 Å². The lowest BCUT2D eigenvalue weighted by Gasteiger charge is -2.28. The molecule has 41 nitrogen and oxygen atoms in total. The summed E-state index contributed by atoms with van der Waals surface area (Å²) in [5, 5.41) is 15.0. The van der Waals surface area contributed by atoms with E-state index >= 15 is 0 Å². The predicted molar refractivity (Wildman–Crippen MR) is 519 cm³/mol. The van der Waals surface area contributed by atoms with Gasteiger partial charge in [-0.2, -0.15) is 40.2 Å². The number of halogens is 4. The SMILES string of the molecule is CC(=O)NCn1cc(-c2ccc(N3CCS(=O)(=O)CC3)cc2)c(=O)o1.CC(=O)NCn1cc(-c2ccc(N3CCS(=O)CC3)c(F)c2)c(=O)o1.CC(=O)NCn1cc(-c2ccc(N3CCS(=O)CC3)cc2)c(=O)o1.CC(=O)NCn1cc(-c2ccc(N3CCSCC3)c(F)c2)c(=O)o1.CC(=O)NCn1cc(-c2ccc(S(C)(=O)=O)c(F)c2)c(=O)o1.CC(=O)NCn1cc(-c2ccc(S(C)=O)c(F)c2)c(=O)o1. The highest BCUT2D eigenvalue weighted by atomic mass is 32.2. The van der Waals surface area contributed by atoms with Crippen LogP contribution in [0.1, 0.15) is 41.5 Å². The van der Waals surface area contributed by atoms with Crippen LogP contribution < -0.4 is 85.3 Å². The summed E-state index contributed by atoms with van der Waals surface area (Å²) in [6.07, 6.45) is 10.9. The van der Waals surface area contributed by atoms with Crippen LogP contribution in [0.25, 0.3) is 66.8 Å². The monoisotopic (exact) mass is 2070 g/mol. The molecule has 0 spiro atoms. The average Bonchev–Trinajstić information content (AvgIpc) is 1.64. The highest BCUT2D eigenvalue weighted by molar-refractivity contribution is 7.99. The number of carbonyl (C=O) groups is 6. The van der Waals surface area contributed by atoms with Crippen LogP contribution in [-0.4, -0.2) is 204 Å². The van der Waals surface area contributed by atoms with Crippen molar-refractivity contribution in [3.63, 3.8) is 0 Å². The van der Waals surface area contributed by atoms with Crippen LogP contribution in [0.5, 0.6) is 0 Å². The Kier molecular flexibility index (Phi) is 37.3. The second-order valence-electron chi connectivity index (χ2n) is 31.7. The fourth-order valence-corrected chi connectivity index (χ4v) is 19.5. The number of nitrogens with zero attached hydrogens (tertiary/aromatic N) is 10. The van der Waals surface area contributed by atoms with Gasteiger partial charge in [-0.3, -0.25) is 41.4 Å². The van der Waals surface area contributed by atoms with E-state index in [-0.39, 0.29) is 125 Å². The fraction of sp³-hybridized carbons (Fsp3) is 0.333. The minimum atomic E-state index is -3.68. The van der Waals surface area contributed by atoms with Gasteiger partial charge in [0.25, 0.3) is 0 Å². The Balaban J connectivity index is 0.000000162. The molecule has 6 amide bonds. The Hall–Kier alpha value is -14.2. The number of anilines is 4. The number of carbonyl (C=O) groups excluding carboxylic acids is 6. The van der Waals surface area contributed by atoms with Crippen LogP contribution in [0.4, 0.5) is 40.3 Å². The van der Waals surface area contributed by atoms with Crippen LogP contribution >= 0.6 is 11.8 Å². The van der Waals surface area contributed by atoms with Crippen molar-refractivity contribution in [1.29, 1.82) is 0 Å². The van der Waals surface area contributed by atoms with Crippen molar-refractivity contribution in [2.75, 3.05) is 130 Å². The van der Waals surface area contributed by atoms with Gasteiger partial charge < -0.3 is 78.6 Å².